The molecule has 0 atom stereocenters. The molecule has 0 saturated heterocycles. The van der Waals surface area contributed by atoms with Crippen LogP contribution in [0.15, 0.2) is 48.5 Å². The zero-order valence-electron chi connectivity index (χ0n) is 13.9. The lowest BCUT2D eigenvalue weighted by molar-refractivity contribution is -0.152. The highest BCUT2D eigenvalue weighted by Crippen LogP contribution is 2.24. The topological polar surface area (TPSA) is 55.4 Å². The molecule has 0 aliphatic carbocycles. The van der Waals surface area contributed by atoms with Crippen molar-refractivity contribution in [3.05, 3.63) is 64.7 Å². The van der Waals surface area contributed by atoms with Crippen molar-refractivity contribution in [2.24, 2.45) is 0 Å². The number of anilines is 1. The Labute approximate surface area is 146 Å². The summed E-state index contributed by atoms with van der Waals surface area (Å²) in [5.74, 6) is -0.857. The van der Waals surface area contributed by atoms with E-state index >= 15 is 0 Å². The van der Waals surface area contributed by atoms with Crippen molar-refractivity contribution in [3.63, 3.8) is 0 Å². The third-order valence-corrected chi connectivity index (χ3v) is 4.05. The maximum Gasteiger partial charge on any atom is 0.316 e. The summed E-state index contributed by atoms with van der Waals surface area (Å²) in [6.45, 7) is 5.05. The van der Waals surface area contributed by atoms with E-state index in [2.05, 4.69) is 5.32 Å². The van der Waals surface area contributed by atoms with Gasteiger partial charge in [-0.2, -0.15) is 0 Å². The van der Waals surface area contributed by atoms with E-state index in [1.54, 1.807) is 26.0 Å². The smallest absolute Gasteiger partial charge is 0.316 e. The summed E-state index contributed by atoms with van der Waals surface area (Å²) in [7, 11) is 0. The van der Waals surface area contributed by atoms with Gasteiger partial charge in [-0.15, -0.1) is 0 Å². The molecule has 2 aromatic carbocycles. The van der Waals surface area contributed by atoms with Crippen LogP contribution >= 0.6 is 11.6 Å². The van der Waals surface area contributed by atoms with Gasteiger partial charge in [0.05, 0.1) is 5.41 Å². The molecule has 0 fully saturated rings. The van der Waals surface area contributed by atoms with Crippen LogP contribution in [0.4, 0.5) is 5.69 Å². The highest BCUT2D eigenvalue weighted by atomic mass is 35.5. The van der Waals surface area contributed by atoms with Crippen molar-refractivity contribution in [3.8, 4) is 0 Å². The molecule has 126 valence electrons. The van der Waals surface area contributed by atoms with Crippen LogP contribution < -0.4 is 5.32 Å². The van der Waals surface area contributed by atoms with Gasteiger partial charge in [0.2, 0.25) is 0 Å². The van der Waals surface area contributed by atoms with Crippen LogP contribution in [0.1, 0.15) is 25.0 Å². The Morgan fingerprint density at radius 2 is 1.79 bits per heavy atom. The Morgan fingerprint density at radius 1 is 1.12 bits per heavy atom. The Balaban J connectivity index is 1.96. The van der Waals surface area contributed by atoms with Crippen LogP contribution in [0.25, 0.3) is 0 Å². The predicted molar refractivity (Wildman–Crippen MR) is 95.2 cm³/mol. The molecule has 0 spiro atoms. The molecule has 0 aromatic heterocycles. The first-order valence-corrected chi connectivity index (χ1v) is 7.97. The molecule has 1 amide bonds. The highest BCUT2D eigenvalue weighted by molar-refractivity contribution is 6.31. The zero-order valence-corrected chi connectivity index (χ0v) is 14.7. The van der Waals surface area contributed by atoms with Crippen LogP contribution in [0.2, 0.25) is 5.02 Å². The second-order valence-electron chi connectivity index (χ2n) is 6.07. The first kappa shape index (κ1) is 18.0. The van der Waals surface area contributed by atoms with E-state index in [4.69, 9.17) is 16.3 Å². The summed E-state index contributed by atoms with van der Waals surface area (Å²) in [6, 6.07) is 14.5. The number of halogens is 1. The van der Waals surface area contributed by atoms with Gasteiger partial charge in [-0.1, -0.05) is 48.0 Å². The predicted octanol–water partition coefficient (Wildman–Crippen LogP) is 4.11. The van der Waals surface area contributed by atoms with E-state index in [0.29, 0.717) is 10.7 Å². The van der Waals surface area contributed by atoms with Gasteiger partial charge < -0.3 is 10.1 Å². The number of ether oxygens (including phenoxy) is 1. The molecule has 4 nitrogen and oxygen atoms in total. The normalized spacial score (nSPS) is 11.0. The van der Waals surface area contributed by atoms with Gasteiger partial charge in [0, 0.05) is 10.7 Å². The summed E-state index contributed by atoms with van der Waals surface area (Å²) < 4.78 is 5.18. The summed E-state index contributed by atoms with van der Waals surface area (Å²) in [4.78, 5) is 24.3. The van der Waals surface area contributed by atoms with Crippen molar-refractivity contribution < 1.29 is 14.3 Å². The number of hydrogen-bond acceptors (Lipinski definition) is 3. The van der Waals surface area contributed by atoms with Crippen LogP contribution in [-0.4, -0.2) is 18.5 Å². The number of nitrogens with one attached hydrogen (secondary N) is 1. The van der Waals surface area contributed by atoms with Crippen molar-refractivity contribution in [1.29, 1.82) is 0 Å². The summed E-state index contributed by atoms with van der Waals surface area (Å²) >= 11 is 5.92. The van der Waals surface area contributed by atoms with Gasteiger partial charge in [0.25, 0.3) is 5.91 Å². The van der Waals surface area contributed by atoms with Crippen molar-refractivity contribution in [1.82, 2.24) is 0 Å². The van der Waals surface area contributed by atoms with Gasteiger partial charge in [0.1, 0.15) is 0 Å². The van der Waals surface area contributed by atoms with E-state index in [-0.39, 0.29) is 6.61 Å². The molecule has 5 heteroatoms. The minimum Gasteiger partial charge on any atom is -0.455 e. The van der Waals surface area contributed by atoms with Crippen LogP contribution in [-0.2, 0) is 19.7 Å². The Morgan fingerprint density at radius 3 is 2.46 bits per heavy atom. The van der Waals surface area contributed by atoms with E-state index in [1.807, 2.05) is 43.3 Å². The van der Waals surface area contributed by atoms with Gasteiger partial charge in [-0.25, -0.2) is 0 Å². The Hall–Kier alpha value is -2.33. The second kappa shape index (κ2) is 7.49. The second-order valence-corrected chi connectivity index (χ2v) is 6.51. The lowest BCUT2D eigenvalue weighted by atomic mass is 9.85. The molecule has 0 aliphatic heterocycles. The van der Waals surface area contributed by atoms with Crippen molar-refractivity contribution in [2.75, 3.05) is 11.9 Å². The molecule has 0 heterocycles. The fourth-order valence-electron chi connectivity index (χ4n) is 2.20. The summed E-state index contributed by atoms with van der Waals surface area (Å²) in [5, 5.41) is 3.22. The molecule has 0 aliphatic rings. The number of benzene rings is 2. The third-order valence-electron chi connectivity index (χ3n) is 3.81. The Bertz CT molecular complexity index is 742. The number of esters is 1. The molecular formula is C19H20ClNO3. The Kier molecular flexibility index (Phi) is 5.62. The van der Waals surface area contributed by atoms with Crippen LogP contribution in [0.5, 0.6) is 0 Å². The van der Waals surface area contributed by atoms with Gasteiger partial charge in [0.15, 0.2) is 6.61 Å². The fourth-order valence-corrected chi connectivity index (χ4v) is 2.37. The number of rotatable bonds is 5. The monoisotopic (exact) mass is 345 g/mol. The number of amides is 1. The highest BCUT2D eigenvalue weighted by Gasteiger charge is 2.31. The van der Waals surface area contributed by atoms with Gasteiger partial charge in [-0.05, 0) is 44.0 Å². The SMILES string of the molecule is Cc1ccc(Cl)cc1NC(=O)COC(=O)C(C)(C)c1ccccc1. The molecule has 0 bridgehead atoms. The minimum absolute atomic E-state index is 0.346. The van der Waals surface area contributed by atoms with E-state index in [9.17, 15) is 9.59 Å². The van der Waals surface area contributed by atoms with E-state index in [1.165, 1.54) is 0 Å². The lowest BCUT2D eigenvalue weighted by Gasteiger charge is -2.22. The molecule has 2 rings (SSSR count). The third kappa shape index (κ3) is 4.36. The quantitative estimate of drug-likeness (QED) is 0.830. The molecule has 24 heavy (non-hydrogen) atoms. The standard InChI is InChI=1S/C19H20ClNO3/c1-13-9-10-15(20)11-16(13)21-17(22)12-24-18(23)19(2,3)14-7-5-4-6-8-14/h4-11H,12H2,1-3H3,(H,21,22). The van der Waals surface area contributed by atoms with Gasteiger partial charge >= 0.3 is 5.97 Å². The summed E-state index contributed by atoms with van der Waals surface area (Å²) in [6.07, 6.45) is 0. The number of carbonyl (C=O) groups is 2. The van der Waals surface area contributed by atoms with E-state index < -0.39 is 17.3 Å². The zero-order chi connectivity index (χ0) is 17.7. The maximum atomic E-state index is 12.3. The van der Waals surface area contributed by atoms with Crippen LogP contribution in [0.3, 0.4) is 0 Å². The molecule has 1 N–H and O–H groups in total. The average molecular weight is 346 g/mol. The first-order valence-electron chi connectivity index (χ1n) is 7.59. The largest absolute Gasteiger partial charge is 0.455 e. The minimum atomic E-state index is -0.826. The number of carbonyl (C=O) groups excluding carboxylic acids is 2. The van der Waals surface area contributed by atoms with E-state index in [0.717, 1.165) is 11.1 Å². The number of hydrogen-bond donors (Lipinski definition) is 1. The fraction of sp³-hybridized carbons (Fsp3) is 0.263. The first-order chi connectivity index (χ1) is 11.3. The van der Waals surface area contributed by atoms with Gasteiger partial charge in [-0.3, -0.25) is 9.59 Å². The van der Waals surface area contributed by atoms with Crippen LogP contribution in [0, 0.1) is 6.92 Å². The lowest BCUT2D eigenvalue weighted by Crippen LogP contribution is -2.33. The average Bonchev–Trinajstić information content (AvgIpc) is 2.56. The summed E-state index contributed by atoms with van der Waals surface area (Å²) in [5.41, 5.74) is 1.49. The van der Waals surface area contributed by atoms with Crippen molar-refractivity contribution in [2.45, 2.75) is 26.2 Å². The molecule has 0 radical (unpaired) electrons. The van der Waals surface area contributed by atoms with Crippen molar-refractivity contribution >= 4 is 29.2 Å². The maximum absolute atomic E-state index is 12.3. The molecule has 0 saturated carbocycles. The molecular weight excluding hydrogens is 326 g/mol. The number of aryl methyl sites for hydroxylation is 1. The molecule has 2 aromatic rings. The molecule has 0 unspecified atom stereocenters.